The van der Waals surface area contributed by atoms with Gasteiger partial charge in [-0.3, -0.25) is 4.79 Å². The van der Waals surface area contributed by atoms with Gasteiger partial charge in [-0.25, -0.2) is 0 Å². The zero-order valence-corrected chi connectivity index (χ0v) is 9.82. The third-order valence-corrected chi connectivity index (χ3v) is 3.77. The molecule has 1 aromatic rings. The molecule has 0 aliphatic rings. The normalized spacial score (nSPS) is 12.7. The number of aliphatic carboxylic acids is 1. The van der Waals surface area contributed by atoms with E-state index in [9.17, 15) is 4.79 Å². The molecule has 78 valence electrons. The second-order valence-corrected chi connectivity index (χ2v) is 5.74. The number of aromatic nitrogens is 2. The maximum absolute atomic E-state index is 10.4. The molecule has 0 aromatic carbocycles. The van der Waals surface area contributed by atoms with Gasteiger partial charge < -0.3 is 5.11 Å². The summed E-state index contributed by atoms with van der Waals surface area (Å²) in [6.07, 6.45) is 0.164. The zero-order valence-electron chi connectivity index (χ0n) is 7.44. The highest BCUT2D eigenvalue weighted by atomic mass is 35.5. The maximum atomic E-state index is 10.4. The lowest BCUT2D eigenvalue weighted by molar-refractivity contribution is -0.136. The number of carboxylic acids is 1. The summed E-state index contributed by atoms with van der Waals surface area (Å²) in [7, 11) is 0. The topological polar surface area (TPSA) is 63.1 Å². The van der Waals surface area contributed by atoms with Crippen LogP contribution in [0.1, 0.15) is 18.4 Å². The lowest BCUT2D eigenvalue weighted by Gasteiger charge is -2.05. The Hall–Kier alpha value is -0.330. The van der Waals surface area contributed by atoms with Gasteiger partial charge in [-0.2, -0.15) is 11.8 Å². The van der Waals surface area contributed by atoms with Crippen LogP contribution in [0.4, 0.5) is 0 Å². The largest absolute Gasteiger partial charge is 0.481 e. The van der Waals surface area contributed by atoms with Gasteiger partial charge in [-0.1, -0.05) is 18.3 Å². The van der Waals surface area contributed by atoms with Crippen molar-refractivity contribution in [2.75, 3.05) is 0 Å². The Morgan fingerprint density at radius 1 is 1.71 bits per heavy atom. The number of hydrogen-bond donors (Lipinski definition) is 1. The van der Waals surface area contributed by atoms with Crippen molar-refractivity contribution >= 4 is 40.7 Å². The van der Waals surface area contributed by atoms with Gasteiger partial charge in [0.1, 0.15) is 5.01 Å². The molecule has 0 fully saturated rings. The molecule has 0 amide bonds. The minimum absolute atomic E-state index is 0.0789. The van der Waals surface area contributed by atoms with Crippen LogP contribution < -0.4 is 0 Å². The predicted molar refractivity (Wildman–Crippen MR) is 57.9 cm³/mol. The first-order valence-electron chi connectivity index (χ1n) is 3.89. The summed E-state index contributed by atoms with van der Waals surface area (Å²) in [6, 6.07) is 0. The fourth-order valence-electron chi connectivity index (χ4n) is 0.810. The van der Waals surface area contributed by atoms with Crippen LogP contribution in [-0.2, 0) is 10.5 Å². The molecule has 0 aliphatic heterocycles. The van der Waals surface area contributed by atoms with Gasteiger partial charge >= 0.3 is 5.97 Å². The van der Waals surface area contributed by atoms with Crippen molar-refractivity contribution in [2.24, 2.45) is 0 Å². The summed E-state index contributed by atoms with van der Waals surface area (Å²) in [6.45, 7) is 1.88. The van der Waals surface area contributed by atoms with E-state index >= 15 is 0 Å². The van der Waals surface area contributed by atoms with E-state index in [2.05, 4.69) is 10.2 Å². The minimum Gasteiger partial charge on any atom is -0.481 e. The Labute approximate surface area is 94.7 Å². The van der Waals surface area contributed by atoms with E-state index in [1.165, 1.54) is 23.1 Å². The highest BCUT2D eigenvalue weighted by Gasteiger charge is 2.09. The van der Waals surface area contributed by atoms with Gasteiger partial charge in [0.2, 0.25) is 4.47 Å². The average molecular weight is 253 g/mol. The Kier molecular flexibility index (Phi) is 4.64. The van der Waals surface area contributed by atoms with E-state index in [0.717, 1.165) is 5.01 Å². The van der Waals surface area contributed by atoms with Gasteiger partial charge in [-0.05, 0) is 11.6 Å². The summed E-state index contributed by atoms with van der Waals surface area (Å²) in [5.74, 6) is -0.112. The van der Waals surface area contributed by atoms with Gasteiger partial charge in [0.05, 0.1) is 6.42 Å². The molecule has 0 saturated carbocycles. The Morgan fingerprint density at radius 3 is 2.93 bits per heavy atom. The molecule has 0 saturated heterocycles. The van der Waals surface area contributed by atoms with Crippen LogP contribution in [0, 0.1) is 0 Å². The first-order chi connectivity index (χ1) is 6.58. The number of nitrogens with zero attached hydrogens (tertiary/aromatic N) is 2. The molecule has 1 rings (SSSR count). The smallest absolute Gasteiger partial charge is 0.304 e. The summed E-state index contributed by atoms with van der Waals surface area (Å²) in [5.41, 5.74) is 0. The fraction of sp³-hybridized carbons (Fsp3) is 0.571. The summed E-state index contributed by atoms with van der Waals surface area (Å²) < 4.78 is 0.423. The van der Waals surface area contributed by atoms with Gasteiger partial charge in [0, 0.05) is 11.0 Å². The molecule has 14 heavy (non-hydrogen) atoms. The summed E-state index contributed by atoms with van der Waals surface area (Å²) >= 11 is 8.46. The Balaban J connectivity index is 2.30. The van der Waals surface area contributed by atoms with Crippen LogP contribution in [0.5, 0.6) is 0 Å². The van der Waals surface area contributed by atoms with Crippen molar-refractivity contribution in [3.8, 4) is 0 Å². The standard InChI is InChI=1S/C7H9ClN2O2S2/c1-4(2-6(11)12)13-3-5-9-10-7(8)14-5/h4H,2-3H2,1H3,(H,11,12). The molecule has 0 radical (unpaired) electrons. The third-order valence-electron chi connectivity index (χ3n) is 1.40. The van der Waals surface area contributed by atoms with E-state index in [0.29, 0.717) is 10.2 Å². The van der Waals surface area contributed by atoms with Gasteiger partial charge in [0.15, 0.2) is 0 Å². The van der Waals surface area contributed by atoms with Crippen molar-refractivity contribution in [3.63, 3.8) is 0 Å². The number of halogens is 1. The molecule has 1 atom stereocenters. The molecule has 1 N–H and O–H groups in total. The molecule has 7 heteroatoms. The molecule has 1 unspecified atom stereocenters. The second kappa shape index (κ2) is 5.53. The SMILES string of the molecule is CC(CC(=O)O)SCc1nnc(Cl)s1. The monoisotopic (exact) mass is 252 g/mol. The average Bonchev–Trinajstić information content (AvgIpc) is 2.47. The lowest BCUT2D eigenvalue weighted by Crippen LogP contribution is -2.05. The van der Waals surface area contributed by atoms with E-state index in [4.69, 9.17) is 16.7 Å². The van der Waals surface area contributed by atoms with Crippen LogP contribution in [0.15, 0.2) is 0 Å². The first kappa shape index (κ1) is 11.7. The van der Waals surface area contributed by atoms with Crippen LogP contribution in [0.2, 0.25) is 4.47 Å². The molecule has 1 heterocycles. The molecular formula is C7H9ClN2O2S2. The number of carbonyl (C=O) groups is 1. The molecular weight excluding hydrogens is 244 g/mol. The van der Waals surface area contributed by atoms with Crippen molar-refractivity contribution in [3.05, 3.63) is 9.47 Å². The highest BCUT2D eigenvalue weighted by molar-refractivity contribution is 7.99. The van der Waals surface area contributed by atoms with E-state index < -0.39 is 5.97 Å². The van der Waals surface area contributed by atoms with E-state index in [1.807, 2.05) is 6.92 Å². The van der Waals surface area contributed by atoms with Gasteiger partial charge in [0.25, 0.3) is 0 Å². The molecule has 0 aliphatic carbocycles. The van der Waals surface area contributed by atoms with Crippen molar-refractivity contribution in [1.82, 2.24) is 10.2 Å². The zero-order chi connectivity index (χ0) is 10.6. The van der Waals surface area contributed by atoms with Crippen LogP contribution in [-0.4, -0.2) is 26.5 Å². The van der Waals surface area contributed by atoms with Crippen molar-refractivity contribution in [2.45, 2.75) is 24.3 Å². The van der Waals surface area contributed by atoms with Crippen LogP contribution >= 0.6 is 34.7 Å². The van der Waals surface area contributed by atoms with E-state index in [-0.39, 0.29) is 11.7 Å². The summed E-state index contributed by atoms with van der Waals surface area (Å²) in [5, 5.41) is 16.9. The predicted octanol–water partition coefficient (Wildman–Crippen LogP) is 2.29. The third kappa shape index (κ3) is 4.26. The number of hydrogen-bond acceptors (Lipinski definition) is 5. The number of thioether (sulfide) groups is 1. The van der Waals surface area contributed by atoms with Crippen molar-refractivity contribution in [1.29, 1.82) is 0 Å². The van der Waals surface area contributed by atoms with E-state index in [1.54, 1.807) is 0 Å². The maximum Gasteiger partial charge on any atom is 0.304 e. The van der Waals surface area contributed by atoms with Gasteiger partial charge in [-0.15, -0.1) is 10.2 Å². The Morgan fingerprint density at radius 2 is 2.43 bits per heavy atom. The summed E-state index contributed by atoms with van der Waals surface area (Å²) in [4.78, 5) is 10.4. The van der Waals surface area contributed by atoms with Crippen LogP contribution in [0.25, 0.3) is 0 Å². The molecule has 4 nitrogen and oxygen atoms in total. The fourth-order valence-corrected chi connectivity index (χ4v) is 2.66. The lowest BCUT2D eigenvalue weighted by atomic mass is 10.3. The quantitative estimate of drug-likeness (QED) is 0.871. The highest BCUT2D eigenvalue weighted by Crippen LogP contribution is 2.23. The minimum atomic E-state index is -0.778. The van der Waals surface area contributed by atoms with Crippen LogP contribution in [0.3, 0.4) is 0 Å². The van der Waals surface area contributed by atoms with Crippen molar-refractivity contribution < 1.29 is 9.90 Å². The molecule has 1 aromatic heterocycles. The first-order valence-corrected chi connectivity index (χ1v) is 6.13. The second-order valence-electron chi connectivity index (χ2n) is 2.67. The number of carboxylic acid groups (broad SMARTS) is 1. The number of rotatable bonds is 5. The molecule has 0 spiro atoms. The Bertz CT molecular complexity index is 318. The molecule has 0 bridgehead atoms.